The molecule has 1 aliphatic heterocycles. The maximum absolute atomic E-state index is 12.0. The molecule has 0 radical (unpaired) electrons. The van der Waals surface area contributed by atoms with E-state index in [4.69, 9.17) is 11.6 Å². The average Bonchev–Trinajstić information content (AvgIpc) is 3.26. The van der Waals surface area contributed by atoms with Gasteiger partial charge in [0.2, 0.25) is 5.95 Å². The molecule has 0 spiro atoms. The second-order valence-electron chi connectivity index (χ2n) is 9.47. The smallest absolute Gasteiger partial charge is 0.250 e. The van der Waals surface area contributed by atoms with Crippen LogP contribution in [0.15, 0.2) is 30.5 Å². The fourth-order valence-corrected chi connectivity index (χ4v) is 4.75. The van der Waals surface area contributed by atoms with Gasteiger partial charge in [-0.2, -0.15) is 4.98 Å². The number of aromatic nitrogens is 3. The van der Waals surface area contributed by atoms with E-state index in [1.165, 1.54) is 29.5 Å². The van der Waals surface area contributed by atoms with Gasteiger partial charge in [-0.05, 0) is 36.1 Å². The molecule has 5 N–H and O–H groups in total. The Morgan fingerprint density at radius 1 is 1.11 bits per heavy atom. The van der Waals surface area contributed by atoms with Crippen LogP contribution in [0.25, 0.3) is 11.0 Å². The lowest BCUT2D eigenvalue weighted by atomic mass is 10.0. The minimum atomic E-state index is -0.0622. The number of carbonyl (C=O) groups excluding carboxylic acids is 1. The van der Waals surface area contributed by atoms with Crippen molar-refractivity contribution >= 4 is 28.7 Å². The van der Waals surface area contributed by atoms with Crippen LogP contribution in [0.2, 0.25) is 0 Å². The Morgan fingerprint density at radius 3 is 2.64 bits per heavy atom. The van der Waals surface area contributed by atoms with E-state index in [9.17, 15) is 4.79 Å². The lowest BCUT2D eigenvalue weighted by molar-refractivity contribution is -0.138. The molecule has 0 aliphatic carbocycles. The summed E-state index contributed by atoms with van der Waals surface area (Å²) in [4.78, 5) is 29.5. The number of aryl methyl sites for hydroxylation is 1. The van der Waals surface area contributed by atoms with E-state index < -0.39 is 0 Å². The van der Waals surface area contributed by atoms with Crippen molar-refractivity contribution in [3.63, 3.8) is 0 Å². The molecule has 194 valence electrons. The van der Waals surface area contributed by atoms with Gasteiger partial charge in [0.1, 0.15) is 12.1 Å². The highest BCUT2D eigenvalue weighted by atomic mass is 16.6. The van der Waals surface area contributed by atoms with Crippen LogP contribution < -0.4 is 16.9 Å². The van der Waals surface area contributed by atoms with Gasteiger partial charge in [0.05, 0.1) is 5.52 Å². The summed E-state index contributed by atoms with van der Waals surface area (Å²) in [5, 5.41) is 3.47. The molecule has 2 aromatic heterocycles. The third kappa shape index (κ3) is 6.31. The predicted molar refractivity (Wildman–Crippen MR) is 142 cm³/mol. The number of nitrogen functional groups attached to an aromatic ring is 1. The largest absolute Gasteiger partial charge is 0.368 e. The highest BCUT2D eigenvalue weighted by Crippen LogP contribution is 2.25. The van der Waals surface area contributed by atoms with Gasteiger partial charge in [-0.1, -0.05) is 38.0 Å². The predicted octanol–water partition coefficient (Wildman–Crippen LogP) is 2.51. The standard InChI is InChI=1S/C26H38N8O2/c1-3-4-5-9-29-25-24-22(30-26(27)31-25)8-10-34(24)17-21-7-6-20(15-19(21)2)16-32-11-13-33(14-12-32)23(35)18-36-28/h6-8,10,15H,3-5,9,11-14,16-18,28H2,1-2H3,(H3,27,29,30,31). The quantitative estimate of drug-likeness (QED) is 0.274. The number of unbranched alkanes of at least 4 members (excludes halogenated alkanes) is 2. The van der Waals surface area contributed by atoms with Crippen LogP contribution in [0, 0.1) is 6.92 Å². The number of rotatable bonds is 11. The number of benzene rings is 1. The molecule has 10 heteroatoms. The second-order valence-corrected chi connectivity index (χ2v) is 9.47. The van der Waals surface area contributed by atoms with Crippen LogP contribution in [0.5, 0.6) is 0 Å². The zero-order chi connectivity index (χ0) is 25.5. The van der Waals surface area contributed by atoms with Crippen LogP contribution in [-0.4, -0.2) is 69.6 Å². The van der Waals surface area contributed by atoms with Gasteiger partial charge >= 0.3 is 0 Å². The molecule has 0 saturated carbocycles. The van der Waals surface area contributed by atoms with Gasteiger partial charge in [0, 0.05) is 52.0 Å². The summed E-state index contributed by atoms with van der Waals surface area (Å²) in [6.45, 7) is 9.82. The second kappa shape index (κ2) is 12.2. The van der Waals surface area contributed by atoms with E-state index in [-0.39, 0.29) is 18.5 Å². The molecule has 1 aliphatic rings. The van der Waals surface area contributed by atoms with Crippen molar-refractivity contribution in [2.75, 3.05) is 50.4 Å². The molecule has 0 unspecified atom stereocenters. The zero-order valence-electron chi connectivity index (χ0n) is 21.4. The van der Waals surface area contributed by atoms with Crippen molar-refractivity contribution < 1.29 is 9.63 Å². The number of hydrogen-bond donors (Lipinski definition) is 3. The van der Waals surface area contributed by atoms with Crippen LogP contribution >= 0.6 is 0 Å². The monoisotopic (exact) mass is 494 g/mol. The number of amides is 1. The number of anilines is 2. The summed E-state index contributed by atoms with van der Waals surface area (Å²) in [5.41, 5.74) is 11.6. The molecule has 1 saturated heterocycles. The maximum atomic E-state index is 12.0. The van der Waals surface area contributed by atoms with Crippen LogP contribution in [0.1, 0.15) is 42.9 Å². The van der Waals surface area contributed by atoms with E-state index in [1.54, 1.807) is 0 Å². The Hall–Kier alpha value is -3.21. The number of hydrogen-bond acceptors (Lipinski definition) is 8. The van der Waals surface area contributed by atoms with Gasteiger partial charge in [-0.15, -0.1) is 0 Å². The van der Waals surface area contributed by atoms with E-state index in [0.717, 1.165) is 56.0 Å². The SMILES string of the molecule is CCCCCNc1nc(N)nc2ccn(Cc3ccc(CN4CCN(C(=O)CON)CC4)cc3C)c12. The van der Waals surface area contributed by atoms with Crippen molar-refractivity contribution in [2.45, 2.75) is 46.2 Å². The Kier molecular flexibility index (Phi) is 8.74. The third-order valence-corrected chi connectivity index (χ3v) is 6.79. The first-order chi connectivity index (χ1) is 17.5. The molecule has 3 aromatic rings. The number of nitrogens with zero attached hydrogens (tertiary/aromatic N) is 5. The van der Waals surface area contributed by atoms with E-state index in [1.807, 2.05) is 11.0 Å². The molecular formula is C26H38N8O2. The normalized spacial score (nSPS) is 14.5. The number of carbonyl (C=O) groups is 1. The molecule has 4 rings (SSSR count). The Labute approximate surface area is 212 Å². The minimum absolute atomic E-state index is 0.0534. The molecule has 3 heterocycles. The fraction of sp³-hybridized carbons (Fsp3) is 0.500. The van der Waals surface area contributed by atoms with Gasteiger partial charge in [-0.25, -0.2) is 10.9 Å². The molecular weight excluding hydrogens is 456 g/mol. The highest BCUT2D eigenvalue weighted by Gasteiger charge is 2.21. The first-order valence-electron chi connectivity index (χ1n) is 12.7. The van der Waals surface area contributed by atoms with Crippen molar-refractivity contribution in [1.29, 1.82) is 0 Å². The Bertz CT molecular complexity index is 1170. The number of piperazine rings is 1. The summed E-state index contributed by atoms with van der Waals surface area (Å²) in [7, 11) is 0. The first kappa shape index (κ1) is 25.9. The molecule has 0 bridgehead atoms. The van der Waals surface area contributed by atoms with Crippen molar-refractivity contribution in [3.05, 3.63) is 47.2 Å². The molecule has 10 nitrogen and oxygen atoms in total. The molecule has 36 heavy (non-hydrogen) atoms. The van der Waals surface area contributed by atoms with E-state index in [0.29, 0.717) is 13.1 Å². The molecule has 0 atom stereocenters. The average molecular weight is 495 g/mol. The van der Waals surface area contributed by atoms with Crippen molar-refractivity contribution in [3.8, 4) is 0 Å². The van der Waals surface area contributed by atoms with Gasteiger partial charge in [0.15, 0.2) is 5.82 Å². The third-order valence-electron chi connectivity index (χ3n) is 6.79. The van der Waals surface area contributed by atoms with E-state index in [2.05, 4.69) is 67.8 Å². The lowest BCUT2D eigenvalue weighted by Crippen LogP contribution is -2.49. The van der Waals surface area contributed by atoms with Crippen molar-refractivity contribution in [2.24, 2.45) is 5.90 Å². The number of nitrogens with two attached hydrogens (primary N) is 2. The van der Waals surface area contributed by atoms with Gasteiger partial charge in [0.25, 0.3) is 5.91 Å². The van der Waals surface area contributed by atoms with E-state index >= 15 is 0 Å². The summed E-state index contributed by atoms with van der Waals surface area (Å²) >= 11 is 0. The highest BCUT2D eigenvalue weighted by molar-refractivity contribution is 5.87. The minimum Gasteiger partial charge on any atom is -0.368 e. The molecule has 1 fully saturated rings. The number of nitrogens with one attached hydrogen (secondary N) is 1. The van der Waals surface area contributed by atoms with Crippen LogP contribution in [-0.2, 0) is 22.7 Å². The van der Waals surface area contributed by atoms with Crippen LogP contribution in [0.4, 0.5) is 11.8 Å². The number of fused-ring (bicyclic) bond motifs is 1. The molecule has 1 amide bonds. The first-order valence-corrected chi connectivity index (χ1v) is 12.7. The summed E-state index contributed by atoms with van der Waals surface area (Å²) in [6, 6.07) is 8.67. The summed E-state index contributed by atoms with van der Waals surface area (Å²) in [5.74, 6) is 6.06. The van der Waals surface area contributed by atoms with Crippen molar-refractivity contribution in [1.82, 2.24) is 24.3 Å². The van der Waals surface area contributed by atoms with Gasteiger partial charge < -0.3 is 20.5 Å². The van der Waals surface area contributed by atoms with Gasteiger partial charge in [-0.3, -0.25) is 14.5 Å². The zero-order valence-corrected chi connectivity index (χ0v) is 21.4. The Morgan fingerprint density at radius 2 is 1.92 bits per heavy atom. The lowest BCUT2D eigenvalue weighted by Gasteiger charge is -2.34. The summed E-state index contributed by atoms with van der Waals surface area (Å²) < 4.78 is 2.19. The van der Waals surface area contributed by atoms with Crippen LogP contribution in [0.3, 0.4) is 0 Å². The Balaban J connectivity index is 1.42. The topological polar surface area (TPSA) is 128 Å². The maximum Gasteiger partial charge on any atom is 0.250 e. The fourth-order valence-electron chi connectivity index (χ4n) is 4.75. The summed E-state index contributed by atoms with van der Waals surface area (Å²) in [6.07, 6.45) is 5.51. The molecule has 1 aromatic carbocycles.